The van der Waals surface area contributed by atoms with E-state index in [4.69, 9.17) is 0 Å². The number of carbonyl (C=O) groups is 2. The summed E-state index contributed by atoms with van der Waals surface area (Å²) in [6, 6.07) is 0. The van der Waals surface area contributed by atoms with E-state index < -0.39 is 11.5 Å². The van der Waals surface area contributed by atoms with E-state index in [2.05, 4.69) is 6.92 Å². The van der Waals surface area contributed by atoms with Gasteiger partial charge in [-0.1, -0.05) is 33.1 Å². The Bertz CT molecular complexity index is 329. The summed E-state index contributed by atoms with van der Waals surface area (Å²) in [7, 11) is 0. The Labute approximate surface area is 116 Å². The Morgan fingerprint density at radius 3 is 2.42 bits per heavy atom. The summed E-state index contributed by atoms with van der Waals surface area (Å²) in [5.74, 6) is -0.330. The highest BCUT2D eigenvalue weighted by molar-refractivity contribution is 5.86. The maximum Gasteiger partial charge on any atom is 0.329 e. The van der Waals surface area contributed by atoms with Crippen molar-refractivity contribution in [3.63, 3.8) is 0 Å². The molecule has 4 heteroatoms. The van der Waals surface area contributed by atoms with Crippen LogP contribution in [0.1, 0.15) is 65.7 Å². The summed E-state index contributed by atoms with van der Waals surface area (Å²) in [4.78, 5) is 25.3. The van der Waals surface area contributed by atoms with Crippen molar-refractivity contribution in [2.24, 2.45) is 5.92 Å². The molecule has 0 saturated heterocycles. The van der Waals surface area contributed by atoms with Crippen LogP contribution in [0.5, 0.6) is 0 Å². The maximum atomic E-state index is 11.9. The molecule has 110 valence electrons. The average Bonchev–Trinajstić information content (AvgIpc) is 2.58. The third-order valence-corrected chi connectivity index (χ3v) is 4.49. The zero-order valence-electron chi connectivity index (χ0n) is 12.4. The van der Waals surface area contributed by atoms with Crippen LogP contribution in [0.2, 0.25) is 0 Å². The van der Waals surface area contributed by atoms with Crippen LogP contribution in [0.25, 0.3) is 0 Å². The molecule has 1 saturated carbocycles. The van der Waals surface area contributed by atoms with Gasteiger partial charge < -0.3 is 10.0 Å². The van der Waals surface area contributed by atoms with E-state index in [0.29, 0.717) is 25.3 Å². The first-order valence-electron chi connectivity index (χ1n) is 7.49. The van der Waals surface area contributed by atoms with Crippen LogP contribution in [0, 0.1) is 5.92 Å². The molecule has 0 bridgehead atoms. The first kappa shape index (κ1) is 16.0. The fraction of sp³-hybridized carbons (Fsp3) is 0.867. The van der Waals surface area contributed by atoms with Gasteiger partial charge in [-0.15, -0.1) is 0 Å². The Hall–Kier alpha value is -1.06. The molecular weight excluding hydrogens is 242 g/mol. The van der Waals surface area contributed by atoms with Crippen molar-refractivity contribution in [3.05, 3.63) is 0 Å². The average molecular weight is 269 g/mol. The number of hydrogen-bond acceptors (Lipinski definition) is 2. The van der Waals surface area contributed by atoms with Gasteiger partial charge in [0.25, 0.3) is 0 Å². The standard InChI is InChI=1S/C15H27NO3/c1-4-11-16(12(3)17)15(14(18)19)9-6-7-13(5-2)8-10-15/h13H,4-11H2,1-3H3,(H,18,19). The molecule has 0 radical (unpaired) electrons. The number of carboxylic acids is 1. The number of carbonyl (C=O) groups excluding carboxylic acids is 1. The van der Waals surface area contributed by atoms with Gasteiger partial charge in [-0.05, 0) is 31.6 Å². The Kier molecular flexibility index (Phi) is 5.83. The zero-order chi connectivity index (χ0) is 14.5. The molecule has 2 atom stereocenters. The predicted octanol–water partition coefficient (Wildman–Crippen LogP) is 3.06. The molecule has 0 aromatic rings. The van der Waals surface area contributed by atoms with Crippen molar-refractivity contribution in [2.45, 2.75) is 71.3 Å². The summed E-state index contributed by atoms with van der Waals surface area (Å²) in [5, 5.41) is 9.72. The van der Waals surface area contributed by atoms with E-state index in [9.17, 15) is 14.7 Å². The Balaban J connectivity index is 3.01. The third kappa shape index (κ3) is 3.48. The van der Waals surface area contributed by atoms with Crippen molar-refractivity contribution in [1.29, 1.82) is 0 Å². The lowest BCUT2D eigenvalue weighted by Crippen LogP contribution is -2.56. The molecule has 1 fully saturated rings. The number of nitrogens with zero attached hydrogens (tertiary/aromatic N) is 1. The summed E-state index contributed by atoms with van der Waals surface area (Å²) in [6.45, 7) is 6.17. The fourth-order valence-electron chi connectivity index (χ4n) is 3.30. The minimum atomic E-state index is -0.967. The van der Waals surface area contributed by atoms with Crippen LogP contribution in [0.3, 0.4) is 0 Å². The van der Waals surface area contributed by atoms with Crippen LogP contribution in [0.15, 0.2) is 0 Å². The Morgan fingerprint density at radius 2 is 1.95 bits per heavy atom. The largest absolute Gasteiger partial charge is 0.479 e. The van der Waals surface area contributed by atoms with Crippen molar-refractivity contribution in [3.8, 4) is 0 Å². The van der Waals surface area contributed by atoms with E-state index >= 15 is 0 Å². The summed E-state index contributed by atoms with van der Waals surface area (Å²) in [5.41, 5.74) is -0.967. The number of rotatable bonds is 5. The van der Waals surface area contributed by atoms with E-state index in [1.165, 1.54) is 6.92 Å². The van der Waals surface area contributed by atoms with Gasteiger partial charge >= 0.3 is 5.97 Å². The smallest absolute Gasteiger partial charge is 0.329 e. The zero-order valence-corrected chi connectivity index (χ0v) is 12.4. The van der Waals surface area contributed by atoms with Gasteiger partial charge in [0.05, 0.1) is 0 Å². The van der Waals surface area contributed by atoms with Crippen molar-refractivity contribution in [1.82, 2.24) is 4.90 Å². The second-order valence-electron chi connectivity index (χ2n) is 5.71. The van der Waals surface area contributed by atoms with E-state index in [-0.39, 0.29) is 5.91 Å². The molecule has 1 N–H and O–H groups in total. The molecule has 1 aliphatic carbocycles. The first-order valence-corrected chi connectivity index (χ1v) is 7.49. The summed E-state index contributed by atoms with van der Waals surface area (Å²) in [6.07, 6.45) is 5.99. The molecule has 19 heavy (non-hydrogen) atoms. The highest BCUT2D eigenvalue weighted by Crippen LogP contribution is 2.36. The SMILES string of the molecule is CCCN(C(C)=O)C1(C(=O)O)CCCC(CC)CC1. The van der Waals surface area contributed by atoms with Gasteiger partial charge in [-0.3, -0.25) is 4.79 Å². The lowest BCUT2D eigenvalue weighted by atomic mass is 9.87. The molecule has 0 heterocycles. The molecule has 1 rings (SSSR count). The molecule has 0 aliphatic heterocycles. The van der Waals surface area contributed by atoms with Crippen molar-refractivity contribution < 1.29 is 14.7 Å². The lowest BCUT2D eigenvalue weighted by Gasteiger charge is -2.40. The second-order valence-corrected chi connectivity index (χ2v) is 5.71. The number of hydrogen-bond donors (Lipinski definition) is 1. The van der Waals surface area contributed by atoms with E-state index in [0.717, 1.165) is 32.1 Å². The number of amides is 1. The van der Waals surface area contributed by atoms with Gasteiger partial charge in [0.15, 0.2) is 0 Å². The molecule has 0 aromatic carbocycles. The van der Waals surface area contributed by atoms with Gasteiger partial charge in [0, 0.05) is 13.5 Å². The molecular formula is C15H27NO3. The number of aliphatic carboxylic acids is 1. The molecule has 2 unspecified atom stereocenters. The fourth-order valence-corrected chi connectivity index (χ4v) is 3.30. The minimum Gasteiger partial charge on any atom is -0.479 e. The normalized spacial score (nSPS) is 27.6. The van der Waals surface area contributed by atoms with Crippen LogP contribution in [-0.4, -0.2) is 34.0 Å². The second kappa shape index (κ2) is 6.92. The van der Waals surface area contributed by atoms with Gasteiger partial charge in [-0.25, -0.2) is 4.79 Å². The van der Waals surface area contributed by atoms with Gasteiger partial charge in [0.1, 0.15) is 5.54 Å². The van der Waals surface area contributed by atoms with Gasteiger partial charge in [-0.2, -0.15) is 0 Å². The topological polar surface area (TPSA) is 57.6 Å². The lowest BCUT2D eigenvalue weighted by molar-refractivity contribution is -0.160. The van der Waals surface area contributed by atoms with Crippen LogP contribution in [-0.2, 0) is 9.59 Å². The quantitative estimate of drug-likeness (QED) is 0.780. The van der Waals surface area contributed by atoms with Gasteiger partial charge in [0.2, 0.25) is 5.91 Å². The maximum absolute atomic E-state index is 11.9. The monoisotopic (exact) mass is 269 g/mol. The molecule has 1 amide bonds. The van der Waals surface area contributed by atoms with E-state index in [1.807, 2.05) is 6.92 Å². The molecule has 0 aromatic heterocycles. The van der Waals surface area contributed by atoms with Crippen molar-refractivity contribution >= 4 is 11.9 Å². The Morgan fingerprint density at radius 1 is 1.26 bits per heavy atom. The molecule has 4 nitrogen and oxygen atoms in total. The predicted molar refractivity (Wildman–Crippen MR) is 74.9 cm³/mol. The first-order chi connectivity index (χ1) is 8.97. The summed E-state index contributed by atoms with van der Waals surface area (Å²) >= 11 is 0. The van der Waals surface area contributed by atoms with Crippen LogP contribution in [0.4, 0.5) is 0 Å². The van der Waals surface area contributed by atoms with Crippen LogP contribution >= 0.6 is 0 Å². The van der Waals surface area contributed by atoms with Crippen molar-refractivity contribution in [2.75, 3.05) is 6.54 Å². The minimum absolute atomic E-state index is 0.112. The highest BCUT2D eigenvalue weighted by atomic mass is 16.4. The van der Waals surface area contributed by atoms with E-state index in [1.54, 1.807) is 4.90 Å². The molecule has 1 aliphatic rings. The summed E-state index contributed by atoms with van der Waals surface area (Å²) < 4.78 is 0. The number of carboxylic acid groups (broad SMARTS) is 1. The molecule has 0 spiro atoms. The van der Waals surface area contributed by atoms with Crippen LogP contribution < -0.4 is 0 Å². The third-order valence-electron chi connectivity index (χ3n) is 4.49. The highest BCUT2D eigenvalue weighted by Gasteiger charge is 2.46.